The summed E-state index contributed by atoms with van der Waals surface area (Å²) in [6, 6.07) is 5.53. The SMILES string of the molecule is Cc1cccnc1S(=O)(=O)N1CCC(C#N)C1. The number of aromatic nitrogens is 1. The van der Waals surface area contributed by atoms with Crippen LogP contribution in [0.4, 0.5) is 0 Å². The van der Waals surface area contributed by atoms with E-state index in [-0.39, 0.29) is 17.5 Å². The average Bonchev–Trinajstić information content (AvgIpc) is 2.78. The van der Waals surface area contributed by atoms with E-state index in [9.17, 15) is 8.42 Å². The minimum atomic E-state index is -3.54. The molecule has 0 spiro atoms. The van der Waals surface area contributed by atoms with Crippen LogP contribution in [-0.2, 0) is 10.0 Å². The number of hydrogen-bond donors (Lipinski definition) is 0. The number of hydrogen-bond acceptors (Lipinski definition) is 4. The van der Waals surface area contributed by atoms with Gasteiger partial charge in [-0.15, -0.1) is 0 Å². The van der Waals surface area contributed by atoms with Crippen LogP contribution in [-0.4, -0.2) is 30.8 Å². The molecule has 1 atom stereocenters. The van der Waals surface area contributed by atoms with Crippen LogP contribution in [0.1, 0.15) is 12.0 Å². The molecule has 1 fully saturated rings. The number of aryl methyl sites for hydroxylation is 1. The Morgan fingerprint density at radius 1 is 1.59 bits per heavy atom. The molecule has 6 heteroatoms. The Labute approximate surface area is 101 Å². The summed E-state index contributed by atoms with van der Waals surface area (Å²) in [5.41, 5.74) is 0.632. The van der Waals surface area contributed by atoms with Gasteiger partial charge in [0.2, 0.25) is 0 Å². The van der Waals surface area contributed by atoms with Crippen molar-refractivity contribution in [2.24, 2.45) is 5.92 Å². The van der Waals surface area contributed by atoms with Gasteiger partial charge >= 0.3 is 0 Å². The lowest BCUT2D eigenvalue weighted by atomic mass is 10.1. The summed E-state index contributed by atoms with van der Waals surface area (Å²) in [7, 11) is -3.54. The molecule has 5 nitrogen and oxygen atoms in total. The first kappa shape index (κ1) is 12.0. The lowest BCUT2D eigenvalue weighted by molar-refractivity contribution is 0.467. The second-order valence-electron chi connectivity index (χ2n) is 4.10. The highest BCUT2D eigenvalue weighted by Crippen LogP contribution is 2.24. The maximum absolute atomic E-state index is 12.3. The Bertz CT molecular complexity index is 562. The van der Waals surface area contributed by atoms with E-state index in [2.05, 4.69) is 11.1 Å². The Balaban J connectivity index is 2.33. The highest BCUT2D eigenvalue weighted by Gasteiger charge is 2.34. The maximum Gasteiger partial charge on any atom is 0.260 e. The Morgan fingerprint density at radius 2 is 2.35 bits per heavy atom. The topological polar surface area (TPSA) is 74.1 Å². The standard InChI is InChI=1S/C11H13N3O2S/c1-9-3-2-5-13-11(9)17(15,16)14-6-4-10(7-12)8-14/h2-3,5,10H,4,6,8H2,1H3. The first-order valence-electron chi connectivity index (χ1n) is 5.37. The minimum Gasteiger partial charge on any atom is -0.243 e. The largest absolute Gasteiger partial charge is 0.260 e. The summed E-state index contributed by atoms with van der Waals surface area (Å²) in [5.74, 6) is -0.200. The second-order valence-corrected chi connectivity index (χ2v) is 5.96. The van der Waals surface area contributed by atoms with Gasteiger partial charge in [0.05, 0.1) is 12.0 Å². The van der Waals surface area contributed by atoms with Crippen LogP contribution in [0.5, 0.6) is 0 Å². The van der Waals surface area contributed by atoms with Crippen molar-refractivity contribution in [3.63, 3.8) is 0 Å². The van der Waals surface area contributed by atoms with Gasteiger partial charge in [-0.25, -0.2) is 13.4 Å². The van der Waals surface area contributed by atoms with Gasteiger partial charge in [-0.2, -0.15) is 9.57 Å². The van der Waals surface area contributed by atoms with E-state index in [0.29, 0.717) is 18.5 Å². The maximum atomic E-state index is 12.3. The molecule has 1 aromatic rings. The predicted octanol–water partition coefficient (Wildman–Crippen LogP) is 0.924. The molecule has 17 heavy (non-hydrogen) atoms. The molecule has 0 aromatic carbocycles. The van der Waals surface area contributed by atoms with Gasteiger partial charge in [0.25, 0.3) is 10.0 Å². The summed E-state index contributed by atoms with van der Waals surface area (Å²) in [6.07, 6.45) is 2.07. The fourth-order valence-corrected chi connectivity index (χ4v) is 3.55. The molecule has 1 aromatic heterocycles. The number of pyridine rings is 1. The third-order valence-corrected chi connectivity index (χ3v) is 4.81. The predicted molar refractivity (Wildman–Crippen MR) is 61.5 cm³/mol. The van der Waals surface area contributed by atoms with E-state index >= 15 is 0 Å². The van der Waals surface area contributed by atoms with Gasteiger partial charge in [0.1, 0.15) is 0 Å². The lowest BCUT2D eigenvalue weighted by Crippen LogP contribution is -2.30. The summed E-state index contributed by atoms with van der Waals surface area (Å²) in [6.45, 7) is 2.39. The van der Waals surface area contributed by atoms with Gasteiger partial charge in [-0.3, -0.25) is 0 Å². The summed E-state index contributed by atoms with van der Waals surface area (Å²) >= 11 is 0. The lowest BCUT2D eigenvalue weighted by Gasteiger charge is -2.15. The zero-order valence-electron chi connectivity index (χ0n) is 9.50. The Morgan fingerprint density at radius 3 is 2.94 bits per heavy atom. The molecule has 1 unspecified atom stereocenters. The molecule has 2 rings (SSSR count). The van der Waals surface area contributed by atoms with Crippen molar-refractivity contribution in [3.8, 4) is 6.07 Å². The van der Waals surface area contributed by atoms with E-state index in [1.165, 1.54) is 10.5 Å². The molecule has 1 saturated heterocycles. The molecular formula is C11H13N3O2S. The molecule has 90 valence electrons. The van der Waals surface area contributed by atoms with Crippen molar-refractivity contribution >= 4 is 10.0 Å². The van der Waals surface area contributed by atoms with E-state index in [1.807, 2.05) is 0 Å². The summed E-state index contributed by atoms with van der Waals surface area (Å²) in [5, 5.41) is 8.88. The number of rotatable bonds is 2. The van der Waals surface area contributed by atoms with E-state index < -0.39 is 10.0 Å². The Kier molecular flexibility index (Phi) is 3.13. The molecule has 1 aliphatic heterocycles. The van der Waals surface area contributed by atoms with Gasteiger partial charge < -0.3 is 0 Å². The monoisotopic (exact) mass is 251 g/mol. The smallest absolute Gasteiger partial charge is 0.243 e. The van der Waals surface area contributed by atoms with Crippen LogP contribution in [0.15, 0.2) is 23.4 Å². The molecule has 0 N–H and O–H groups in total. The van der Waals surface area contributed by atoms with Crippen molar-refractivity contribution in [2.45, 2.75) is 18.4 Å². The van der Waals surface area contributed by atoms with Crippen molar-refractivity contribution in [1.29, 1.82) is 5.26 Å². The van der Waals surface area contributed by atoms with Gasteiger partial charge in [-0.05, 0) is 25.0 Å². The van der Waals surface area contributed by atoms with Crippen molar-refractivity contribution in [3.05, 3.63) is 23.9 Å². The number of nitriles is 1. The molecule has 0 aliphatic carbocycles. The van der Waals surface area contributed by atoms with Crippen LogP contribution in [0.2, 0.25) is 0 Å². The highest BCUT2D eigenvalue weighted by atomic mass is 32.2. The fourth-order valence-electron chi connectivity index (χ4n) is 1.92. The Hall–Kier alpha value is -1.45. The van der Waals surface area contributed by atoms with Crippen molar-refractivity contribution < 1.29 is 8.42 Å². The van der Waals surface area contributed by atoms with E-state index in [0.717, 1.165) is 0 Å². The zero-order valence-corrected chi connectivity index (χ0v) is 10.3. The second kappa shape index (κ2) is 4.43. The quantitative estimate of drug-likeness (QED) is 0.783. The third-order valence-electron chi connectivity index (χ3n) is 2.88. The summed E-state index contributed by atoms with van der Waals surface area (Å²) in [4.78, 5) is 3.93. The zero-order chi connectivity index (χ0) is 12.5. The molecule has 0 bridgehead atoms. The number of nitrogens with zero attached hydrogens (tertiary/aromatic N) is 3. The van der Waals surface area contributed by atoms with Crippen LogP contribution >= 0.6 is 0 Å². The first-order chi connectivity index (χ1) is 8.05. The number of sulfonamides is 1. The first-order valence-corrected chi connectivity index (χ1v) is 6.81. The van der Waals surface area contributed by atoms with E-state index in [1.54, 1.807) is 19.1 Å². The van der Waals surface area contributed by atoms with Gasteiger partial charge in [-0.1, -0.05) is 6.07 Å². The molecule has 0 saturated carbocycles. The van der Waals surface area contributed by atoms with Crippen LogP contribution in [0, 0.1) is 24.2 Å². The van der Waals surface area contributed by atoms with Crippen molar-refractivity contribution in [1.82, 2.24) is 9.29 Å². The summed E-state index contributed by atoms with van der Waals surface area (Å²) < 4.78 is 25.9. The van der Waals surface area contributed by atoms with Gasteiger partial charge in [0.15, 0.2) is 5.03 Å². The molecular weight excluding hydrogens is 238 g/mol. The average molecular weight is 251 g/mol. The minimum absolute atomic E-state index is 0.0959. The van der Waals surface area contributed by atoms with Crippen LogP contribution in [0.25, 0.3) is 0 Å². The molecule has 1 aliphatic rings. The normalized spacial score (nSPS) is 21.3. The van der Waals surface area contributed by atoms with E-state index in [4.69, 9.17) is 5.26 Å². The molecule has 0 amide bonds. The molecule has 2 heterocycles. The van der Waals surface area contributed by atoms with Crippen LogP contribution in [0.3, 0.4) is 0 Å². The highest BCUT2D eigenvalue weighted by molar-refractivity contribution is 7.89. The van der Waals surface area contributed by atoms with Crippen LogP contribution < -0.4 is 0 Å². The molecule has 0 radical (unpaired) electrons. The fraction of sp³-hybridized carbons (Fsp3) is 0.455. The van der Waals surface area contributed by atoms with Gasteiger partial charge in [0, 0.05) is 19.3 Å². The third kappa shape index (κ3) is 2.16. The van der Waals surface area contributed by atoms with Crippen molar-refractivity contribution in [2.75, 3.05) is 13.1 Å².